The Morgan fingerprint density at radius 2 is 0.619 bits per heavy atom. The van der Waals surface area contributed by atoms with Crippen LogP contribution in [0.2, 0.25) is 0 Å². The summed E-state index contributed by atoms with van der Waals surface area (Å²) in [5.74, 6) is 0. The van der Waals surface area contributed by atoms with Crippen LogP contribution in [0, 0.1) is 0 Å². The number of para-hydroxylation sites is 2. The molecule has 13 aromatic rings. The molecular formula is C60H40N2Si. The van der Waals surface area contributed by atoms with Gasteiger partial charge in [-0.1, -0.05) is 194 Å². The third-order valence-electron chi connectivity index (χ3n) is 13.6. The average Bonchev–Trinajstić information content (AvgIpc) is 3.88. The second-order valence-electron chi connectivity index (χ2n) is 16.8. The summed E-state index contributed by atoms with van der Waals surface area (Å²) in [5.41, 5.74) is 7.10. The second-order valence-corrected chi connectivity index (χ2v) is 20.6. The summed E-state index contributed by atoms with van der Waals surface area (Å²) in [7, 11) is -2.80. The van der Waals surface area contributed by atoms with Crippen LogP contribution in [0.15, 0.2) is 243 Å². The van der Waals surface area contributed by atoms with E-state index in [0.29, 0.717) is 0 Å². The largest absolute Gasteiger partial charge is 0.309 e. The lowest BCUT2D eigenvalue weighted by molar-refractivity contribution is 1.17. The monoisotopic (exact) mass is 816 g/mol. The molecule has 0 aliphatic heterocycles. The van der Waals surface area contributed by atoms with Gasteiger partial charge in [0.1, 0.15) is 0 Å². The zero-order chi connectivity index (χ0) is 41.5. The summed E-state index contributed by atoms with van der Waals surface area (Å²) in [5, 5.41) is 18.1. The fourth-order valence-electron chi connectivity index (χ4n) is 11.1. The van der Waals surface area contributed by atoms with Gasteiger partial charge in [-0.05, 0) is 96.2 Å². The van der Waals surface area contributed by atoms with Crippen LogP contribution in [0.1, 0.15) is 0 Å². The summed E-state index contributed by atoms with van der Waals surface area (Å²) >= 11 is 0. The summed E-state index contributed by atoms with van der Waals surface area (Å²) in [6.07, 6.45) is 0. The van der Waals surface area contributed by atoms with Crippen LogP contribution in [0.3, 0.4) is 0 Å². The SMILES string of the molecule is c1ccc([Si](c2ccccc2)(c2ccccc2)c2cccc(-n3c4ccc(-n5c6ccccc6c6ccccc65)cc4c4c5c6ccccc6c6ccccc6c5ccc43)c2)cc1. The number of fused-ring (bicyclic) bond motifs is 13. The molecule has 0 bridgehead atoms. The number of nitrogens with zero attached hydrogens (tertiary/aromatic N) is 2. The van der Waals surface area contributed by atoms with Gasteiger partial charge in [-0.15, -0.1) is 0 Å². The maximum absolute atomic E-state index is 2.80. The third-order valence-corrected chi connectivity index (χ3v) is 18.4. The number of rotatable bonds is 6. The van der Waals surface area contributed by atoms with Crippen molar-refractivity contribution < 1.29 is 0 Å². The normalized spacial score (nSPS) is 12.1. The lowest BCUT2D eigenvalue weighted by atomic mass is 9.92. The molecule has 2 nitrogen and oxygen atoms in total. The third kappa shape index (κ3) is 5.18. The molecule has 11 aromatic carbocycles. The lowest BCUT2D eigenvalue weighted by Gasteiger charge is -2.34. The predicted molar refractivity (Wildman–Crippen MR) is 271 cm³/mol. The summed E-state index contributed by atoms with van der Waals surface area (Å²) in [6.45, 7) is 0. The van der Waals surface area contributed by atoms with Gasteiger partial charge in [0.25, 0.3) is 0 Å². The van der Waals surface area contributed by atoms with E-state index in [1.54, 1.807) is 0 Å². The minimum Gasteiger partial charge on any atom is -0.309 e. The zero-order valence-corrected chi connectivity index (χ0v) is 35.5. The van der Waals surface area contributed by atoms with Crippen molar-refractivity contribution in [2.24, 2.45) is 0 Å². The first-order chi connectivity index (χ1) is 31.3. The van der Waals surface area contributed by atoms with Gasteiger partial charge in [-0.25, -0.2) is 0 Å². The van der Waals surface area contributed by atoms with E-state index >= 15 is 0 Å². The first-order valence-electron chi connectivity index (χ1n) is 21.9. The molecule has 0 fully saturated rings. The van der Waals surface area contributed by atoms with Crippen LogP contribution in [-0.4, -0.2) is 17.2 Å². The van der Waals surface area contributed by atoms with Crippen molar-refractivity contribution in [2.75, 3.05) is 0 Å². The van der Waals surface area contributed by atoms with Gasteiger partial charge in [0.05, 0.1) is 22.1 Å². The fraction of sp³-hybridized carbons (Fsp3) is 0. The molecule has 2 heterocycles. The molecule has 13 rings (SSSR count). The van der Waals surface area contributed by atoms with E-state index in [-0.39, 0.29) is 0 Å². The Balaban J connectivity index is 1.17. The number of benzene rings is 11. The Hall–Kier alpha value is -7.98. The molecule has 0 saturated heterocycles. The van der Waals surface area contributed by atoms with Crippen molar-refractivity contribution >= 4 is 105 Å². The van der Waals surface area contributed by atoms with Crippen molar-refractivity contribution in [2.45, 2.75) is 0 Å². The van der Waals surface area contributed by atoms with Crippen molar-refractivity contribution in [1.29, 1.82) is 0 Å². The van der Waals surface area contributed by atoms with Crippen molar-refractivity contribution in [3.05, 3.63) is 243 Å². The first-order valence-corrected chi connectivity index (χ1v) is 23.9. The first kappa shape index (κ1) is 35.7. The molecule has 63 heavy (non-hydrogen) atoms. The molecule has 0 spiro atoms. The topological polar surface area (TPSA) is 9.86 Å². The minimum absolute atomic E-state index is 1.15. The number of hydrogen-bond donors (Lipinski definition) is 0. The van der Waals surface area contributed by atoms with E-state index in [2.05, 4.69) is 252 Å². The van der Waals surface area contributed by atoms with Gasteiger partial charge in [-0.3, -0.25) is 0 Å². The van der Waals surface area contributed by atoms with Gasteiger partial charge in [-0.2, -0.15) is 0 Å². The van der Waals surface area contributed by atoms with Gasteiger partial charge in [0, 0.05) is 38.3 Å². The summed E-state index contributed by atoms with van der Waals surface area (Å²) in [6, 6.07) is 90.6. The Morgan fingerprint density at radius 1 is 0.222 bits per heavy atom. The average molecular weight is 817 g/mol. The van der Waals surface area contributed by atoms with Crippen LogP contribution in [0.5, 0.6) is 0 Å². The van der Waals surface area contributed by atoms with Crippen LogP contribution in [0.4, 0.5) is 0 Å². The molecule has 0 atom stereocenters. The molecule has 3 heteroatoms. The van der Waals surface area contributed by atoms with Gasteiger partial charge in [0.15, 0.2) is 8.07 Å². The van der Waals surface area contributed by atoms with Crippen molar-refractivity contribution in [3.63, 3.8) is 0 Å². The van der Waals surface area contributed by atoms with Crippen LogP contribution in [0.25, 0.3) is 87.3 Å². The quantitative estimate of drug-likeness (QED) is 0.0899. The molecule has 2 aromatic heterocycles. The van der Waals surface area contributed by atoms with Crippen molar-refractivity contribution in [3.8, 4) is 11.4 Å². The van der Waals surface area contributed by atoms with E-state index in [0.717, 1.165) is 11.4 Å². The highest BCUT2D eigenvalue weighted by Crippen LogP contribution is 2.44. The number of aromatic nitrogens is 2. The smallest absolute Gasteiger partial charge is 0.179 e. The van der Waals surface area contributed by atoms with Gasteiger partial charge >= 0.3 is 0 Å². The highest BCUT2D eigenvalue weighted by Gasteiger charge is 2.41. The van der Waals surface area contributed by atoms with Crippen molar-refractivity contribution in [1.82, 2.24) is 9.13 Å². The molecule has 0 unspecified atom stereocenters. The number of hydrogen-bond acceptors (Lipinski definition) is 0. The van der Waals surface area contributed by atoms with Crippen LogP contribution in [-0.2, 0) is 0 Å². The molecule has 0 aliphatic carbocycles. The minimum atomic E-state index is -2.80. The molecular weight excluding hydrogens is 777 g/mol. The van der Waals surface area contributed by atoms with E-state index in [1.165, 1.54) is 96.7 Å². The lowest BCUT2D eigenvalue weighted by Crippen LogP contribution is -2.74. The van der Waals surface area contributed by atoms with E-state index in [1.807, 2.05) is 0 Å². The highest BCUT2D eigenvalue weighted by molar-refractivity contribution is 7.19. The molecule has 0 radical (unpaired) electrons. The van der Waals surface area contributed by atoms with Gasteiger partial charge < -0.3 is 9.13 Å². The zero-order valence-electron chi connectivity index (χ0n) is 34.5. The molecule has 0 aliphatic rings. The van der Waals surface area contributed by atoms with E-state index in [4.69, 9.17) is 0 Å². The maximum Gasteiger partial charge on any atom is 0.179 e. The Labute approximate surface area is 366 Å². The Bertz CT molecular complexity index is 3720. The van der Waals surface area contributed by atoms with Gasteiger partial charge in [0.2, 0.25) is 0 Å². The highest BCUT2D eigenvalue weighted by atomic mass is 28.3. The molecule has 294 valence electrons. The predicted octanol–water partition coefficient (Wildman–Crippen LogP) is 12.7. The van der Waals surface area contributed by atoms with E-state index in [9.17, 15) is 0 Å². The summed E-state index contributed by atoms with van der Waals surface area (Å²) < 4.78 is 4.99. The Morgan fingerprint density at radius 3 is 1.19 bits per heavy atom. The maximum atomic E-state index is 2.54. The Kier molecular flexibility index (Phi) is 7.96. The molecule has 0 saturated carbocycles. The fourth-order valence-corrected chi connectivity index (χ4v) is 15.8. The van der Waals surface area contributed by atoms with Crippen LogP contribution < -0.4 is 20.7 Å². The summed E-state index contributed by atoms with van der Waals surface area (Å²) in [4.78, 5) is 0. The standard InChI is InChI=1S/C60H40N2Si/c1-4-20-43(21-5-1)63(44-22-6-2-7-23-44,45-24-8-3-9-25-45)46-26-18-19-41(39-46)62-57-37-35-42(61-55-33-16-14-30-50(55)51-31-15-17-34-56(51)61)40-54(57)60-58(62)38-36-53-49-29-11-10-27-47(49)48-28-12-13-32-52(48)59(53)60/h1-40H. The second kappa shape index (κ2) is 14.0. The molecule has 0 N–H and O–H groups in total. The van der Waals surface area contributed by atoms with Crippen LogP contribution >= 0.6 is 0 Å². The molecule has 0 amide bonds. The van der Waals surface area contributed by atoms with E-state index < -0.39 is 8.07 Å².